The zero-order chi connectivity index (χ0) is 13.2. The number of hydrogen-bond donors (Lipinski definition) is 2. The van der Waals surface area contributed by atoms with Crippen molar-refractivity contribution >= 4 is 5.91 Å². The van der Waals surface area contributed by atoms with Gasteiger partial charge >= 0.3 is 0 Å². The zero-order valence-corrected chi connectivity index (χ0v) is 11.0. The lowest BCUT2D eigenvalue weighted by Crippen LogP contribution is -2.37. The SMILES string of the molecule is O=C(N[C@@H]1CCN(CC2CC2)C1)c1ccccc1O. The Morgan fingerprint density at radius 2 is 2.11 bits per heavy atom. The maximum Gasteiger partial charge on any atom is 0.255 e. The second-order valence-electron chi connectivity index (χ2n) is 5.68. The van der Waals surface area contributed by atoms with Gasteiger partial charge in [0.2, 0.25) is 0 Å². The molecule has 1 saturated heterocycles. The second-order valence-corrected chi connectivity index (χ2v) is 5.68. The molecule has 4 heteroatoms. The van der Waals surface area contributed by atoms with Crippen LogP contribution in [0.25, 0.3) is 0 Å². The average Bonchev–Trinajstić information content (AvgIpc) is 3.09. The van der Waals surface area contributed by atoms with Gasteiger partial charge in [0.05, 0.1) is 5.56 Å². The standard InChI is InChI=1S/C15H20N2O2/c18-14-4-2-1-3-13(14)15(19)16-12-7-8-17(10-12)9-11-5-6-11/h1-4,11-12,18H,5-10H2,(H,16,19)/t12-/m1/s1. The number of nitrogens with one attached hydrogen (secondary N) is 1. The van der Waals surface area contributed by atoms with Gasteiger partial charge in [-0.1, -0.05) is 12.1 Å². The third kappa shape index (κ3) is 3.07. The topological polar surface area (TPSA) is 52.6 Å². The van der Waals surface area contributed by atoms with Crippen LogP contribution in [0.5, 0.6) is 5.75 Å². The van der Waals surface area contributed by atoms with Crippen molar-refractivity contribution in [3.05, 3.63) is 29.8 Å². The normalized spacial score (nSPS) is 23.5. The largest absolute Gasteiger partial charge is 0.507 e. The van der Waals surface area contributed by atoms with Gasteiger partial charge in [0.25, 0.3) is 5.91 Å². The average molecular weight is 260 g/mol. The van der Waals surface area contributed by atoms with Crippen LogP contribution in [0.1, 0.15) is 29.6 Å². The Labute approximate surface area is 113 Å². The van der Waals surface area contributed by atoms with Crippen LogP contribution in [0.2, 0.25) is 0 Å². The minimum atomic E-state index is -0.170. The summed E-state index contributed by atoms with van der Waals surface area (Å²) < 4.78 is 0. The van der Waals surface area contributed by atoms with Crippen LogP contribution in [-0.4, -0.2) is 41.6 Å². The molecular formula is C15H20N2O2. The van der Waals surface area contributed by atoms with Crippen molar-refractivity contribution in [2.45, 2.75) is 25.3 Å². The fraction of sp³-hybridized carbons (Fsp3) is 0.533. The molecule has 1 amide bonds. The molecule has 102 valence electrons. The predicted molar refractivity (Wildman–Crippen MR) is 73.1 cm³/mol. The molecule has 1 aliphatic heterocycles. The fourth-order valence-corrected chi connectivity index (χ4v) is 2.71. The molecule has 0 bridgehead atoms. The fourth-order valence-electron chi connectivity index (χ4n) is 2.71. The lowest BCUT2D eigenvalue weighted by atomic mass is 10.1. The van der Waals surface area contributed by atoms with E-state index in [1.165, 1.54) is 19.4 Å². The van der Waals surface area contributed by atoms with Crippen molar-refractivity contribution in [2.24, 2.45) is 5.92 Å². The number of nitrogens with zero attached hydrogens (tertiary/aromatic N) is 1. The highest BCUT2D eigenvalue weighted by molar-refractivity contribution is 5.96. The molecule has 3 rings (SSSR count). The molecule has 2 N–H and O–H groups in total. The first kappa shape index (κ1) is 12.5. The molecule has 1 aliphatic carbocycles. The molecule has 2 aliphatic rings. The summed E-state index contributed by atoms with van der Waals surface area (Å²) >= 11 is 0. The third-order valence-electron chi connectivity index (χ3n) is 3.97. The Bertz CT molecular complexity index is 471. The Balaban J connectivity index is 1.54. The van der Waals surface area contributed by atoms with Crippen LogP contribution in [0.4, 0.5) is 0 Å². The van der Waals surface area contributed by atoms with E-state index >= 15 is 0 Å². The third-order valence-corrected chi connectivity index (χ3v) is 3.97. The van der Waals surface area contributed by atoms with E-state index in [9.17, 15) is 9.90 Å². The van der Waals surface area contributed by atoms with Gasteiger partial charge in [-0.05, 0) is 37.3 Å². The van der Waals surface area contributed by atoms with E-state index in [0.717, 1.165) is 25.4 Å². The number of phenols is 1. The maximum absolute atomic E-state index is 12.1. The van der Waals surface area contributed by atoms with Crippen molar-refractivity contribution in [1.29, 1.82) is 0 Å². The number of rotatable bonds is 4. The minimum absolute atomic E-state index is 0.0489. The summed E-state index contributed by atoms with van der Waals surface area (Å²) in [5.74, 6) is 0.775. The summed E-state index contributed by atoms with van der Waals surface area (Å²) in [4.78, 5) is 14.5. The number of phenolic OH excluding ortho intramolecular Hbond substituents is 1. The lowest BCUT2D eigenvalue weighted by molar-refractivity contribution is 0.0935. The zero-order valence-electron chi connectivity index (χ0n) is 11.0. The number of amides is 1. The highest BCUT2D eigenvalue weighted by atomic mass is 16.3. The molecule has 1 aromatic rings. The Morgan fingerprint density at radius 1 is 1.32 bits per heavy atom. The number of aromatic hydroxyl groups is 1. The van der Waals surface area contributed by atoms with E-state index in [0.29, 0.717) is 5.56 Å². The van der Waals surface area contributed by atoms with Crippen LogP contribution in [0, 0.1) is 5.92 Å². The van der Waals surface area contributed by atoms with Crippen LogP contribution in [0.3, 0.4) is 0 Å². The minimum Gasteiger partial charge on any atom is -0.507 e. The molecule has 4 nitrogen and oxygen atoms in total. The van der Waals surface area contributed by atoms with Gasteiger partial charge in [0.1, 0.15) is 5.75 Å². The van der Waals surface area contributed by atoms with E-state index < -0.39 is 0 Å². The molecule has 1 saturated carbocycles. The van der Waals surface area contributed by atoms with Crippen LogP contribution >= 0.6 is 0 Å². The van der Waals surface area contributed by atoms with Crippen molar-refractivity contribution in [1.82, 2.24) is 10.2 Å². The molecule has 1 heterocycles. The summed E-state index contributed by atoms with van der Waals surface area (Å²) in [6, 6.07) is 6.90. The first-order chi connectivity index (χ1) is 9.22. The van der Waals surface area contributed by atoms with E-state index in [4.69, 9.17) is 0 Å². The second kappa shape index (κ2) is 5.21. The van der Waals surface area contributed by atoms with Gasteiger partial charge in [-0.25, -0.2) is 0 Å². The van der Waals surface area contributed by atoms with E-state index in [-0.39, 0.29) is 17.7 Å². The number of benzene rings is 1. The molecule has 0 aromatic heterocycles. The molecule has 0 spiro atoms. The van der Waals surface area contributed by atoms with Crippen molar-refractivity contribution in [2.75, 3.05) is 19.6 Å². The van der Waals surface area contributed by atoms with Gasteiger partial charge in [-0.3, -0.25) is 4.79 Å². The number of carbonyl (C=O) groups is 1. The van der Waals surface area contributed by atoms with Gasteiger partial charge in [-0.15, -0.1) is 0 Å². The Hall–Kier alpha value is -1.55. The van der Waals surface area contributed by atoms with Crippen LogP contribution in [-0.2, 0) is 0 Å². The molecule has 2 fully saturated rings. The maximum atomic E-state index is 12.1. The van der Waals surface area contributed by atoms with Crippen molar-refractivity contribution in [3.8, 4) is 5.75 Å². The highest BCUT2D eigenvalue weighted by Crippen LogP contribution is 2.30. The summed E-state index contributed by atoms with van der Waals surface area (Å²) in [6.45, 7) is 3.20. The smallest absolute Gasteiger partial charge is 0.255 e. The van der Waals surface area contributed by atoms with Crippen LogP contribution in [0.15, 0.2) is 24.3 Å². The van der Waals surface area contributed by atoms with Crippen LogP contribution < -0.4 is 5.32 Å². The number of likely N-dealkylation sites (tertiary alicyclic amines) is 1. The van der Waals surface area contributed by atoms with Crippen molar-refractivity contribution < 1.29 is 9.90 Å². The summed E-state index contributed by atoms with van der Waals surface area (Å²) in [7, 11) is 0. The summed E-state index contributed by atoms with van der Waals surface area (Å²) in [6.07, 6.45) is 3.74. The lowest BCUT2D eigenvalue weighted by Gasteiger charge is -2.16. The molecule has 1 aromatic carbocycles. The quantitative estimate of drug-likeness (QED) is 0.864. The van der Waals surface area contributed by atoms with Gasteiger partial charge < -0.3 is 15.3 Å². The highest BCUT2D eigenvalue weighted by Gasteiger charge is 2.30. The Morgan fingerprint density at radius 3 is 2.84 bits per heavy atom. The number of hydrogen-bond acceptors (Lipinski definition) is 3. The van der Waals surface area contributed by atoms with Crippen molar-refractivity contribution in [3.63, 3.8) is 0 Å². The first-order valence-corrected chi connectivity index (χ1v) is 7.03. The predicted octanol–water partition coefficient (Wildman–Crippen LogP) is 1.61. The number of para-hydroxylation sites is 1. The molecule has 1 atom stereocenters. The Kier molecular flexibility index (Phi) is 3.42. The first-order valence-electron chi connectivity index (χ1n) is 7.03. The van der Waals surface area contributed by atoms with E-state index in [1.807, 2.05) is 0 Å². The van der Waals surface area contributed by atoms with Gasteiger partial charge in [-0.2, -0.15) is 0 Å². The van der Waals surface area contributed by atoms with Gasteiger partial charge in [0, 0.05) is 25.7 Å². The van der Waals surface area contributed by atoms with E-state index in [2.05, 4.69) is 10.2 Å². The molecule has 0 unspecified atom stereocenters. The number of carbonyl (C=O) groups excluding carboxylic acids is 1. The molecular weight excluding hydrogens is 240 g/mol. The van der Waals surface area contributed by atoms with E-state index in [1.54, 1.807) is 24.3 Å². The molecule has 0 radical (unpaired) electrons. The monoisotopic (exact) mass is 260 g/mol. The van der Waals surface area contributed by atoms with Gasteiger partial charge in [0.15, 0.2) is 0 Å². The summed E-state index contributed by atoms with van der Waals surface area (Å²) in [5.41, 5.74) is 0.364. The molecule has 19 heavy (non-hydrogen) atoms. The summed E-state index contributed by atoms with van der Waals surface area (Å²) in [5, 5.41) is 12.7.